The van der Waals surface area contributed by atoms with Crippen molar-refractivity contribution in [3.8, 4) is 5.88 Å². The smallest absolute Gasteiger partial charge is 0.218 e. The van der Waals surface area contributed by atoms with Gasteiger partial charge in [-0.25, -0.2) is 9.97 Å². The van der Waals surface area contributed by atoms with Gasteiger partial charge < -0.3 is 15.4 Å². The molecule has 0 spiro atoms. The van der Waals surface area contributed by atoms with Crippen LogP contribution in [0.2, 0.25) is 0 Å². The van der Waals surface area contributed by atoms with Crippen LogP contribution in [0.1, 0.15) is 26.7 Å². The Bertz CT molecular complexity index is 306. The minimum absolute atomic E-state index is 0.630. The second-order valence-electron chi connectivity index (χ2n) is 3.77. The molecule has 5 nitrogen and oxygen atoms in total. The van der Waals surface area contributed by atoms with Crippen LogP contribution >= 0.6 is 0 Å². The molecule has 0 saturated heterocycles. The molecule has 0 aliphatic rings. The molecule has 0 aromatic carbocycles. The van der Waals surface area contributed by atoms with Gasteiger partial charge in [0.2, 0.25) is 5.88 Å². The molecule has 0 fully saturated rings. The van der Waals surface area contributed by atoms with Gasteiger partial charge in [0.1, 0.15) is 12.1 Å². The van der Waals surface area contributed by atoms with Crippen LogP contribution in [0.15, 0.2) is 12.4 Å². The lowest BCUT2D eigenvalue weighted by Crippen LogP contribution is -2.23. The molecule has 96 valence electrons. The molecule has 1 aromatic rings. The molecule has 1 aromatic heterocycles. The number of hydrogen-bond donors (Lipinski definition) is 2. The molecule has 0 radical (unpaired) electrons. The Morgan fingerprint density at radius 3 is 2.76 bits per heavy atom. The highest BCUT2D eigenvalue weighted by atomic mass is 16.5. The number of anilines is 1. The normalized spacial score (nSPS) is 10.2. The molecule has 0 aliphatic heterocycles. The molecule has 17 heavy (non-hydrogen) atoms. The molecular formula is C12H22N4O. The first-order chi connectivity index (χ1) is 8.36. The number of ether oxygens (including phenoxy) is 1. The fraction of sp³-hybridized carbons (Fsp3) is 0.667. The van der Waals surface area contributed by atoms with Crippen LogP contribution in [0.25, 0.3) is 0 Å². The first-order valence-electron chi connectivity index (χ1n) is 6.26. The molecular weight excluding hydrogens is 216 g/mol. The Morgan fingerprint density at radius 1 is 1.12 bits per heavy atom. The maximum Gasteiger partial charge on any atom is 0.218 e. The van der Waals surface area contributed by atoms with Gasteiger partial charge in [0.05, 0.1) is 6.61 Å². The van der Waals surface area contributed by atoms with Gasteiger partial charge in [0.25, 0.3) is 0 Å². The lowest BCUT2D eigenvalue weighted by molar-refractivity contribution is 0.305. The van der Waals surface area contributed by atoms with Crippen LogP contribution in [-0.4, -0.2) is 36.2 Å². The minimum Gasteiger partial charge on any atom is -0.478 e. The summed E-state index contributed by atoms with van der Waals surface area (Å²) in [4.78, 5) is 8.18. The van der Waals surface area contributed by atoms with Crippen molar-refractivity contribution >= 4 is 5.82 Å². The summed E-state index contributed by atoms with van der Waals surface area (Å²) in [5.74, 6) is 1.44. The monoisotopic (exact) mass is 238 g/mol. The average Bonchev–Trinajstić information content (AvgIpc) is 2.37. The predicted molar refractivity (Wildman–Crippen MR) is 69.5 cm³/mol. The fourth-order valence-electron chi connectivity index (χ4n) is 1.30. The summed E-state index contributed by atoms with van der Waals surface area (Å²) in [7, 11) is 0. The Morgan fingerprint density at radius 2 is 2.00 bits per heavy atom. The second-order valence-corrected chi connectivity index (χ2v) is 3.77. The number of nitrogens with zero attached hydrogens (tertiary/aromatic N) is 2. The van der Waals surface area contributed by atoms with Crippen molar-refractivity contribution in [2.45, 2.75) is 26.7 Å². The van der Waals surface area contributed by atoms with Crippen LogP contribution in [0.5, 0.6) is 5.88 Å². The zero-order valence-corrected chi connectivity index (χ0v) is 10.7. The molecule has 0 aliphatic carbocycles. The van der Waals surface area contributed by atoms with E-state index in [1.54, 1.807) is 0 Å². The van der Waals surface area contributed by atoms with E-state index in [9.17, 15) is 0 Å². The van der Waals surface area contributed by atoms with Crippen molar-refractivity contribution in [1.82, 2.24) is 15.3 Å². The number of hydrogen-bond acceptors (Lipinski definition) is 5. The number of rotatable bonds is 9. The summed E-state index contributed by atoms with van der Waals surface area (Å²) in [5.41, 5.74) is 0. The summed E-state index contributed by atoms with van der Waals surface area (Å²) in [6.45, 7) is 7.75. The highest BCUT2D eigenvalue weighted by molar-refractivity contribution is 5.36. The standard InChI is InChI=1S/C12H22N4O/c1-3-5-13-6-7-14-11-9-12(16-10-15-11)17-8-4-2/h9-10,13H,3-8H2,1-2H3,(H,14,15,16). The van der Waals surface area contributed by atoms with Gasteiger partial charge in [-0.15, -0.1) is 0 Å². The maximum atomic E-state index is 5.43. The molecule has 1 heterocycles. The largest absolute Gasteiger partial charge is 0.478 e. The zero-order valence-electron chi connectivity index (χ0n) is 10.7. The van der Waals surface area contributed by atoms with Gasteiger partial charge >= 0.3 is 0 Å². The van der Waals surface area contributed by atoms with E-state index in [0.717, 1.165) is 38.3 Å². The average molecular weight is 238 g/mol. The van der Waals surface area contributed by atoms with Crippen LogP contribution in [0.4, 0.5) is 5.82 Å². The van der Waals surface area contributed by atoms with E-state index in [-0.39, 0.29) is 0 Å². The van der Waals surface area contributed by atoms with Crippen molar-refractivity contribution in [3.05, 3.63) is 12.4 Å². The maximum absolute atomic E-state index is 5.43. The van der Waals surface area contributed by atoms with E-state index in [2.05, 4.69) is 34.4 Å². The van der Waals surface area contributed by atoms with Crippen molar-refractivity contribution in [3.63, 3.8) is 0 Å². The number of nitrogens with one attached hydrogen (secondary N) is 2. The van der Waals surface area contributed by atoms with Crippen LogP contribution in [-0.2, 0) is 0 Å². The quantitative estimate of drug-likeness (QED) is 0.641. The third kappa shape index (κ3) is 6.06. The van der Waals surface area contributed by atoms with Crippen molar-refractivity contribution in [2.24, 2.45) is 0 Å². The van der Waals surface area contributed by atoms with E-state index in [1.807, 2.05) is 6.07 Å². The second kappa shape index (κ2) is 8.75. The predicted octanol–water partition coefficient (Wildman–Crippen LogP) is 1.68. The van der Waals surface area contributed by atoms with E-state index in [1.165, 1.54) is 6.33 Å². The Kier molecular flexibility index (Phi) is 7.06. The highest BCUT2D eigenvalue weighted by Crippen LogP contribution is 2.10. The van der Waals surface area contributed by atoms with Crippen LogP contribution in [0, 0.1) is 0 Å². The van der Waals surface area contributed by atoms with Crippen LogP contribution in [0.3, 0.4) is 0 Å². The van der Waals surface area contributed by atoms with Gasteiger partial charge in [0, 0.05) is 19.2 Å². The highest BCUT2D eigenvalue weighted by Gasteiger charge is 1.98. The van der Waals surface area contributed by atoms with Gasteiger partial charge in [-0.3, -0.25) is 0 Å². The van der Waals surface area contributed by atoms with E-state index in [4.69, 9.17) is 4.74 Å². The molecule has 0 unspecified atom stereocenters. The Balaban J connectivity index is 2.27. The van der Waals surface area contributed by atoms with Crippen LogP contribution < -0.4 is 15.4 Å². The van der Waals surface area contributed by atoms with Gasteiger partial charge in [-0.1, -0.05) is 13.8 Å². The molecule has 2 N–H and O–H groups in total. The summed E-state index contributed by atoms with van der Waals surface area (Å²) < 4.78 is 5.43. The van der Waals surface area contributed by atoms with E-state index < -0.39 is 0 Å². The van der Waals surface area contributed by atoms with Crippen molar-refractivity contribution in [1.29, 1.82) is 0 Å². The summed E-state index contributed by atoms with van der Waals surface area (Å²) in [6, 6.07) is 1.83. The van der Waals surface area contributed by atoms with Gasteiger partial charge in [0.15, 0.2) is 0 Å². The Hall–Kier alpha value is -1.36. The molecule has 1 rings (SSSR count). The molecule has 0 amide bonds. The number of aromatic nitrogens is 2. The molecule has 0 bridgehead atoms. The lowest BCUT2D eigenvalue weighted by Gasteiger charge is -2.08. The SMILES string of the molecule is CCCNCCNc1cc(OCCC)ncn1. The van der Waals surface area contributed by atoms with E-state index >= 15 is 0 Å². The van der Waals surface area contributed by atoms with Crippen molar-refractivity contribution in [2.75, 3.05) is 31.6 Å². The first-order valence-corrected chi connectivity index (χ1v) is 6.26. The zero-order chi connectivity index (χ0) is 12.3. The first kappa shape index (κ1) is 13.7. The molecule has 0 saturated carbocycles. The summed E-state index contributed by atoms with van der Waals surface area (Å²) >= 11 is 0. The summed E-state index contributed by atoms with van der Waals surface area (Å²) in [6.07, 6.45) is 3.66. The van der Waals surface area contributed by atoms with E-state index in [0.29, 0.717) is 12.5 Å². The van der Waals surface area contributed by atoms with Gasteiger partial charge in [-0.05, 0) is 19.4 Å². The minimum atomic E-state index is 0.630. The fourth-order valence-corrected chi connectivity index (χ4v) is 1.30. The Labute approximate surface area is 103 Å². The molecule has 0 atom stereocenters. The van der Waals surface area contributed by atoms with Crippen molar-refractivity contribution < 1.29 is 4.74 Å². The third-order valence-corrected chi connectivity index (χ3v) is 2.13. The summed E-state index contributed by atoms with van der Waals surface area (Å²) in [5, 5.41) is 6.54. The topological polar surface area (TPSA) is 59.1 Å². The third-order valence-electron chi connectivity index (χ3n) is 2.13. The molecule has 5 heteroatoms. The van der Waals surface area contributed by atoms with Gasteiger partial charge in [-0.2, -0.15) is 0 Å². The lowest BCUT2D eigenvalue weighted by atomic mass is 10.4.